The third-order valence-electron chi connectivity index (χ3n) is 4.81. The first-order valence-electron chi connectivity index (χ1n) is 9.28. The summed E-state index contributed by atoms with van der Waals surface area (Å²) in [4.78, 5) is 21.7. The summed E-state index contributed by atoms with van der Waals surface area (Å²) in [5, 5.41) is 1.64. The van der Waals surface area contributed by atoms with Crippen molar-refractivity contribution < 1.29 is 4.74 Å². The highest BCUT2D eigenvalue weighted by Gasteiger charge is 2.23. The quantitative estimate of drug-likeness (QED) is 0.534. The standard InChI is InChI=1S/C20H23N7O/c1-12(16-6-13(2)26-17-4-5-28-20(16)17)10-27(21)19-7-18(24-11-25-19)15-8-22-14(3)23-9-15/h6-9,11-12H,4-5,10,21H2,1-3H3/t12-/m1/s1. The zero-order chi connectivity index (χ0) is 19.7. The lowest BCUT2D eigenvalue weighted by Crippen LogP contribution is -2.35. The van der Waals surface area contributed by atoms with Gasteiger partial charge in [0.25, 0.3) is 0 Å². The van der Waals surface area contributed by atoms with E-state index in [-0.39, 0.29) is 5.92 Å². The zero-order valence-electron chi connectivity index (χ0n) is 16.3. The first kappa shape index (κ1) is 18.2. The molecule has 0 fully saturated rings. The molecule has 1 aliphatic rings. The molecule has 28 heavy (non-hydrogen) atoms. The third-order valence-corrected chi connectivity index (χ3v) is 4.81. The number of pyridine rings is 1. The smallest absolute Gasteiger partial charge is 0.146 e. The van der Waals surface area contributed by atoms with Crippen LogP contribution in [-0.2, 0) is 6.42 Å². The topological polar surface area (TPSA) is 103 Å². The Morgan fingerprint density at radius 2 is 1.93 bits per heavy atom. The summed E-state index contributed by atoms with van der Waals surface area (Å²) in [5.41, 5.74) is 4.73. The maximum Gasteiger partial charge on any atom is 0.146 e. The van der Waals surface area contributed by atoms with E-state index in [1.807, 2.05) is 19.9 Å². The number of nitrogens with two attached hydrogens (primary N) is 1. The lowest BCUT2D eigenvalue weighted by molar-refractivity contribution is 0.351. The average Bonchev–Trinajstić information content (AvgIpc) is 3.16. The molecule has 4 rings (SSSR count). The SMILES string of the molecule is Cc1cc([C@H](C)CN(N)c2cc(-c3cnc(C)nc3)ncn2)c2c(n1)CCO2. The van der Waals surface area contributed by atoms with Crippen molar-refractivity contribution in [2.45, 2.75) is 33.1 Å². The lowest BCUT2D eigenvalue weighted by atomic mass is 9.98. The minimum Gasteiger partial charge on any atom is -0.491 e. The molecule has 3 aromatic heterocycles. The Labute approximate surface area is 163 Å². The number of nitrogens with zero attached hydrogens (tertiary/aromatic N) is 6. The number of fused-ring (bicyclic) bond motifs is 1. The number of hydrazine groups is 1. The van der Waals surface area contributed by atoms with Crippen LogP contribution < -0.4 is 15.6 Å². The van der Waals surface area contributed by atoms with Gasteiger partial charge in [0.1, 0.15) is 23.7 Å². The van der Waals surface area contributed by atoms with Crippen molar-refractivity contribution in [3.8, 4) is 17.0 Å². The number of hydrogen-bond acceptors (Lipinski definition) is 8. The highest BCUT2D eigenvalue weighted by Crippen LogP contribution is 2.34. The Hall–Kier alpha value is -3.13. The molecule has 0 bridgehead atoms. The molecule has 0 unspecified atom stereocenters. The molecule has 1 aliphatic heterocycles. The van der Waals surface area contributed by atoms with E-state index in [0.29, 0.717) is 19.0 Å². The first-order valence-corrected chi connectivity index (χ1v) is 9.28. The second-order valence-corrected chi connectivity index (χ2v) is 7.06. The summed E-state index contributed by atoms with van der Waals surface area (Å²) in [6.45, 7) is 7.26. The normalized spacial score (nSPS) is 13.7. The van der Waals surface area contributed by atoms with Gasteiger partial charge < -0.3 is 4.74 Å². The van der Waals surface area contributed by atoms with Crippen LogP contribution >= 0.6 is 0 Å². The predicted octanol–water partition coefficient (Wildman–Crippen LogP) is 2.36. The van der Waals surface area contributed by atoms with Gasteiger partial charge in [0.15, 0.2) is 0 Å². The van der Waals surface area contributed by atoms with E-state index in [1.165, 1.54) is 6.33 Å². The number of rotatable bonds is 5. The molecule has 0 aromatic carbocycles. The minimum atomic E-state index is 0.152. The molecule has 0 spiro atoms. The molecule has 1 atom stereocenters. The maximum absolute atomic E-state index is 6.34. The molecule has 8 nitrogen and oxygen atoms in total. The van der Waals surface area contributed by atoms with Crippen LogP contribution in [0.3, 0.4) is 0 Å². The summed E-state index contributed by atoms with van der Waals surface area (Å²) in [7, 11) is 0. The van der Waals surface area contributed by atoms with Gasteiger partial charge in [-0.2, -0.15) is 0 Å². The van der Waals surface area contributed by atoms with E-state index in [2.05, 4.69) is 37.9 Å². The van der Waals surface area contributed by atoms with Crippen LogP contribution in [0.4, 0.5) is 5.82 Å². The van der Waals surface area contributed by atoms with Crippen molar-refractivity contribution in [1.29, 1.82) is 0 Å². The number of hydrogen-bond donors (Lipinski definition) is 1. The van der Waals surface area contributed by atoms with Gasteiger partial charge in [0, 0.05) is 54.2 Å². The summed E-state index contributed by atoms with van der Waals surface area (Å²) in [6.07, 6.45) is 5.86. The molecule has 0 amide bonds. The summed E-state index contributed by atoms with van der Waals surface area (Å²) >= 11 is 0. The van der Waals surface area contributed by atoms with E-state index in [0.717, 1.165) is 46.2 Å². The molecule has 0 radical (unpaired) electrons. The fourth-order valence-corrected chi connectivity index (χ4v) is 3.38. The van der Waals surface area contributed by atoms with Crippen LogP contribution in [0, 0.1) is 13.8 Å². The van der Waals surface area contributed by atoms with Gasteiger partial charge in [-0.25, -0.2) is 25.8 Å². The second kappa shape index (κ2) is 7.47. The summed E-state index contributed by atoms with van der Waals surface area (Å²) in [5.74, 6) is 8.76. The molecule has 8 heteroatoms. The van der Waals surface area contributed by atoms with Crippen LogP contribution in [0.2, 0.25) is 0 Å². The van der Waals surface area contributed by atoms with Crippen LogP contribution in [0.15, 0.2) is 30.9 Å². The maximum atomic E-state index is 6.34. The lowest BCUT2D eigenvalue weighted by Gasteiger charge is -2.23. The Kier molecular flexibility index (Phi) is 4.87. The van der Waals surface area contributed by atoms with Crippen LogP contribution in [0.1, 0.15) is 35.6 Å². The number of ether oxygens (including phenoxy) is 1. The number of anilines is 1. The molecule has 3 aromatic rings. The Morgan fingerprint density at radius 3 is 2.71 bits per heavy atom. The van der Waals surface area contributed by atoms with Crippen LogP contribution in [0.25, 0.3) is 11.3 Å². The number of aryl methyl sites for hydroxylation is 2. The molecule has 2 N–H and O–H groups in total. The fourth-order valence-electron chi connectivity index (χ4n) is 3.38. The molecular weight excluding hydrogens is 354 g/mol. The van der Waals surface area contributed by atoms with Crippen molar-refractivity contribution in [2.75, 3.05) is 18.2 Å². The monoisotopic (exact) mass is 377 g/mol. The van der Waals surface area contributed by atoms with Gasteiger partial charge in [-0.15, -0.1) is 0 Å². The van der Waals surface area contributed by atoms with Gasteiger partial charge >= 0.3 is 0 Å². The predicted molar refractivity (Wildman–Crippen MR) is 106 cm³/mol. The van der Waals surface area contributed by atoms with Crippen molar-refractivity contribution in [3.05, 3.63) is 53.6 Å². The molecular formula is C20H23N7O. The van der Waals surface area contributed by atoms with E-state index in [9.17, 15) is 0 Å². The Morgan fingerprint density at radius 1 is 1.14 bits per heavy atom. The van der Waals surface area contributed by atoms with Crippen molar-refractivity contribution in [1.82, 2.24) is 24.9 Å². The third kappa shape index (κ3) is 3.63. The molecule has 0 saturated carbocycles. The highest BCUT2D eigenvalue weighted by atomic mass is 16.5. The van der Waals surface area contributed by atoms with Crippen molar-refractivity contribution in [2.24, 2.45) is 5.84 Å². The number of aromatic nitrogens is 5. The zero-order valence-corrected chi connectivity index (χ0v) is 16.3. The largest absolute Gasteiger partial charge is 0.491 e. The van der Waals surface area contributed by atoms with Crippen LogP contribution in [-0.4, -0.2) is 38.1 Å². The molecule has 4 heterocycles. The minimum absolute atomic E-state index is 0.152. The molecule has 144 valence electrons. The van der Waals surface area contributed by atoms with E-state index in [4.69, 9.17) is 10.6 Å². The summed E-state index contributed by atoms with van der Waals surface area (Å²) in [6, 6.07) is 3.93. The van der Waals surface area contributed by atoms with E-state index in [1.54, 1.807) is 17.4 Å². The van der Waals surface area contributed by atoms with Crippen molar-refractivity contribution >= 4 is 5.82 Å². The van der Waals surface area contributed by atoms with Gasteiger partial charge in [0.05, 0.1) is 18.0 Å². The fraction of sp³-hybridized carbons (Fsp3) is 0.350. The Balaban J connectivity index is 1.55. The first-order chi connectivity index (χ1) is 13.5. The van der Waals surface area contributed by atoms with Crippen LogP contribution in [0.5, 0.6) is 5.75 Å². The molecule has 0 aliphatic carbocycles. The van der Waals surface area contributed by atoms with Crippen molar-refractivity contribution in [3.63, 3.8) is 0 Å². The highest BCUT2D eigenvalue weighted by molar-refractivity contribution is 5.60. The average molecular weight is 377 g/mol. The van der Waals surface area contributed by atoms with Gasteiger partial charge in [-0.05, 0) is 19.9 Å². The van der Waals surface area contributed by atoms with Gasteiger partial charge in [-0.3, -0.25) is 9.99 Å². The Bertz CT molecular complexity index is 990. The van der Waals surface area contributed by atoms with Gasteiger partial charge in [0.2, 0.25) is 0 Å². The van der Waals surface area contributed by atoms with E-state index >= 15 is 0 Å². The second-order valence-electron chi connectivity index (χ2n) is 7.06. The summed E-state index contributed by atoms with van der Waals surface area (Å²) < 4.78 is 5.82. The van der Waals surface area contributed by atoms with Gasteiger partial charge in [-0.1, -0.05) is 6.92 Å². The molecule has 0 saturated heterocycles. The van der Waals surface area contributed by atoms with E-state index < -0.39 is 0 Å².